The van der Waals surface area contributed by atoms with Gasteiger partial charge in [0.2, 0.25) is 0 Å². The lowest BCUT2D eigenvalue weighted by Crippen LogP contribution is -2.41. The molecule has 6 heteroatoms. The summed E-state index contributed by atoms with van der Waals surface area (Å²) in [4.78, 5) is 35.0. The quantitative estimate of drug-likeness (QED) is 0.777. The van der Waals surface area contributed by atoms with Crippen molar-refractivity contribution in [2.45, 2.75) is 38.8 Å². The first-order chi connectivity index (χ1) is 15.2. The molecule has 2 amide bonds. The number of Topliss-reactive ketones (excluding diaryl/α,β-unsaturated/α-hetero) is 1. The van der Waals surface area contributed by atoms with Crippen LogP contribution in [0, 0.1) is 11.3 Å². The van der Waals surface area contributed by atoms with E-state index in [-0.39, 0.29) is 23.8 Å². The fourth-order valence-electron chi connectivity index (χ4n) is 5.14. The van der Waals surface area contributed by atoms with Crippen LogP contribution in [0.15, 0.2) is 59.6 Å². The van der Waals surface area contributed by atoms with Gasteiger partial charge in [0.05, 0.1) is 11.5 Å². The van der Waals surface area contributed by atoms with Crippen molar-refractivity contribution in [2.24, 2.45) is 22.1 Å². The van der Waals surface area contributed by atoms with Crippen LogP contribution in [0.25, 0.3) is 0 Å². The predicted octanol–water partition coefficient (Wildman–Crippen LogP) is 3.96. The van der Waals surface area contributed by atoms with Gasteiger partial charge in [0.15, 0.2) is 11.3 Å². The zero-order valence-corrected chi connectivity index (χ0v) is 19.5. The van der Waals surface area contributed by atoms with Crippen LogP contribution >= 0.6 is 0 Å². The third kappa shape index (κ3) is 3.04. The SMILES string of the molecule is CCN(C(=O)N(C)C)C(C)c1cccc(C2(c3ccccc3)N=C(N)C3(CC3C)C2=O)c1. The summed E-state index contributed by atoms with van der Waals surface area (Å²) in [6.45, 7) is 6.62. The molecule has 1 aliphatic carbocycles. The Balaban J connectivity index is 1.84. The molecule has 2 aromatic carbocycles. The fraction of sp³-hybridized carbons (Fsp3) is 0.423. The van der Waals surface area contributed by atoms with Gasteiger partial charge in [0.25, 0.3) is 0 Å². The molecule has 1 saturated carbocycles. The zero-order valence-electron chi connectivity index (χ0n) is 19.5. The molecule has 1 heterocycles. The highest BCUT2D eigenvalue weighted by atomic mass is 16.2. The normalized spacial score (nSPS) is 27.2. The molecule has 168 valence electrons. The van der Waals surface area contributed by atoms with E-state index in [0.29, 0.717) is 12.4 Å². The minimum Gasteiger partial charge on any atom is -0.387 e. The number of carbonyl (C=O) groups is 2. The molecule has 2 aliphatic rings. The van der Waals surface area contributed by atoms with Crippen molar-refractivity contribution in [1.82, 2.24) is 9.80 Å². The molecular formula is C26H32N4O2. The van der Waals surface area contributed by atoms with Crippen LogP contribution < -0.4 is 5.73 Å². The maximum atomic E-state index is 14.0. The largest absolute Gasteiger partial charge is 0.387 e. The summed E-state index contributed by atoms with van der Waals surface area (Å²) >= 11 is 0. The van der Waals surface area contributed by atoms with Crippen molar-refractivity contribution in [3.8, 4) is 0 Å². The second-order valence-corrected chi connectivity index (χ2v) is 9.24. The van der Waals surface area contributed by atoms with E-state index < -0.39 is 11.0 Å². The number of rotatable bonds is 5. The molecule has 0 bridgehead atoms. The zero-order chi connectivity index (χ0) is 23.3. The van der Waals surface area contributed by atoms with Crippen LogP contribution in [0.2, 0.25) is 0 Å². The lowest BCUT2D eigenvalue weighted by Gasteiger charge is -2.32. The summed E-state index contributed by atoms with van der Waals surface area (Å²) < 4.78 is 0. The van der Waals surface area contributed by atoms with E-state index >= 15 is 0 Å². The average molecular weight is 433 g/mol. The van der Waals surface area contributed by atoms with E-state index in [2.05, 4.69) is 6.92 Å². The van der Waals surface area contributed by atoms with Crippen molar-refractivity contribution in [3.05, 3.63) is 71.3 Å². The minimum absolute atomic E-state index is 0.0480. The van der Waals surface area contributed by atoms with Gasteiger partial charge in [-0.3, -0.25) is 4.79 Å². The molecule has 2 N–H and O–H groups in total. The number of aliphatic imine (C=N–C) groups is 1. The Morgan fingerprint density at radius 3 is 2.31 bits per heavy atom. The third-order valence-corrected chi connectivity index (χ3v) is 7.20. The molecule has 1 aliphatic heterocycles. The van der Waals surface area contributed by atoms with Gasteiger partial charge in [-0.1, -0.05) is 61.5 Å². The van der Waals surface area contributed by atoms with Crippen LogP contribution in [-0.4, -0.2) is 48.1 Å². The van der Waals surface area contributed by atoms with Gasteiger partial charge < -0.3 is 15.5 Å². The second kappa shape index (κ2) is 7.76. The van der Waals surface area contributed by atoms with Gasteiger partial charge in [-0.15, -0.1) is 0 Å². The van der Waals surface area contributed by atoms with Gasteiger partial charge in [-0.2, -0.15) is 0 Å². The fourth-order valence-corrected chi connectivity index (χ4v) is 5.14. The Hall–Kier alpha value is -3.15. The molecule has 0 radical (unpaired) electrons. The number of carbonyl (C=O) groups excluding carboxylic acids is 2. The number of nitrogens with zero attached hydrogens (tertiary/aromatic N) is 3. The van der Waals surface area contributed by atoms with E-state index in [4.69, 9.17) is 10.7 Å². The Morgan fingerprint density at radius 2 is 1.78 bits per heavy atom. The molecule has 32 heavy (non-hydrogen) atoms. The van der Waals surface area contributed by atoms with Gasteiger partial charge in [0.1, 0.15) is 5.84 Å². The number of hydrogen-bond donors (Lipinski definition) is 1. The van der Waals surface area contributed by atoms with E-state index in [9.17, 15) is 9.59 Å². The molecule has 4 atom stereocenters. The van der Waals surface area contributed by atoms with E-state index in [1.807, 2.05) is 73.3 Å². The van der Waals surface area contributed by atoms with Crippen molar-refractivity contribution in [1.29, 1.82) is 0 Å². The number of amidine groups is 1. The number of ketones is 1. The maximum absolute atomic E-state index is 14.0. The average Bonchev–Trinajstić information content (AvgIpc) is 3.43. The molecule has 6 nitrogen and oxygen atoms in total. The maximum Gasteiger partial charge on any atom is 0.319 e. The highest BCUT2D eigenvalue weighted by Gasteiger charge is 2.70. The molecule has 0 aromatic heterocycles. The highest BCUT2D eigenvalue weighted by Crippen LogP contribution is 2.61. The molecule has 4 unspecified atom stereocenters. The first-order valence-corrected chi connectivity index (χ1v) is 11.2. The van der Waals surface area contributed by atoms with Gasteiger partial charge in [-0.25, -0.2) is 9.79 Å². The Bertz CT molecular complexity index is 1080. The van der Waals surface area contributed by atoms with Gasteiger partial charge >= 0.3 is 6.03 Å². The van der Waals surface area contributed by atoms with Crippen LogP contribution in [0.3, 0.4) is 0 Å². The van der Waals surface area contributed by atoms with Crippen molar-refractivity contribution in [3.63, 3.8) is 0 Å². The van der Waals surface area contributed by atoms with Crippen molar-refractivity contribution in [2.75, 3.05) is 20.6 Å². The number of hydrogen-bond acceptors (Lipinski definition) is 4. The van der Waals surface area contributed by atoms with Gasteiger partial charge in [0, 0.05) is 20.6 Å². The number of amides is 2. The number of benzene rings is 2. The van der Waals surface area contributed by atoms with E-state index in [1.165, 1.54) is 0 Å². The first kappa shape index (κ1) is 22.1. The van der Waals surface area contributed by atoms with Gasteiger partial charge in [-0.05, 0) is 42.9 Å². The Labute approximate surface area is 190 Å². The molecule has 1 spiro atoms. The monoisotopic (exact) mass is 432 g/mol. The van der Waals surface area contributed by atoms with Crippen LogP contribution in [0.1, 0.15) is 49.9 Å². The summed E-state index contributed by atoms with van der Waals surface area (Å²) in [6, 6.07) is 17.4. The van der Waals surface area contributed by atoms with E-state index in [0.717, 1.165) is 23.1 Å². The summed E-state index contributed by atoms with van der Waals surface area (Å²) in [5, 5.41) is 0. The lowest BCUT2D eigenvalue weighted by atomic mass is 9.75. The number of nitrogens with two attached hydrogens (primary N) is 1. The molecule has 4 rings (SSSR count). The minimum atomic E-state index is -1.16. The Morgan fingerprint density at radius 1 is 1.16 bits per heavy atom. The summed E-state index contributed by atoms with van der Waals surface area (Å²) in [6.07, 6.45) is 0.743. The van der Waals surface area contributed by atoms with E-state index in [1.54, 1.807) is 19.0 Å². The smallest absolute Gasteiger partial charge is 0.319 e. The van der Waals surface area contributed by atoms with Crippen LogP contribution in [0.5, 0.6) is 0 Å². The second-order valence-electron chi connectivity index (χ2n) is 9.24. The lowest BCUT2D eigenvalue weighted by molar-refractivity contribution is -0.125. The van der Waals surface area contributed by atoms with Crippen LogP contribution in [0.4, 0.5) is 4.79 Å². The standard InChI is InChI=1S/C26H32N4O2/c1-6-30(24(32)29(4)5)18(3)19-11-10-14-21(15-19)26(20-12-8-7-9-13-20)22(31)25(16-17(25)2)23(27)28-26/h7-15,17-18H,6,16H2,1-5H3,(H2,27,28). The number of urea groups is 1. The summed E-state index contributed by atoms with van der Waals surface area (Å²) in [7, 11) is 3.51. The van der Waals surface area contributed by atoms with Crippen LogP contribution in [-0.2, 0) is 10.3 Å². The van der Waals surface area contributed by atoms with Crippen molar-refractivity contribution < 1.29 is 9.59 Å². The Kier molecular flexibility index (Phi) is 5.35. The topological polar surface area (TPSA) is 79.0 Å². The molecule has 1 fully saturated rings. The predicted molar refractivity (Wildman–Crippen MR) is 126 cm³/mol. The molecule has 0 saturated heterocycles. The summed E-state index contributed by atoms with van der Waals surface area (Å²) in [5.41, 5.74) is 7.18. The highest BCUT2D eigenvalue weighted by molar-refractivity contribution is 6.21. The summed E-state index contributed by atoms with van der Waals surface area (Å²) in [5.74, 6) is 0.692. The molecule has 2 aromatic rings. The molecular weight excluding hydrogens is 400 g/mol. The third-order valence-electron chi connectivity index (χ3n) is 7.20. The first-order valence-electron chi connectivity index (χ1n) is 11.2. The van der Waals surface area contributed by atoms with Crippen molar-refractivity contribution >= 4 is 17.6 Å².